The van der Waals surface area contributed by atoms with Crippen molar-refractivity contribution in [2.45, 2.75) is 56.2 Å². The highest BCUT2D eigenvalue weighted by molar-refractivity contribution is 5.95. The summed E-state index contributed by atoms with van der Waals surface area (Å²) in [6, 6.07) is 13.9. The van der Waals surface area contributed by atoms with Gasteiger partial charge in [-0.1, -0.05) is 18.2 Å². The van der Waals surface area contributed by atoms with Crippen LogP contribution in [-0.4, -0.2) is 66.0 Å². The first-order valence-electron chi connectivity index (χ1n) is 15.1. The predicted octanol–water partition coefficient (Wildman–Crippen LogP) is 6.21. The fraction of sp³-hybridized carbons (Fsp3) is 0.469. The molecule has 2 amide bonds. The van der Waals surface area contributed by atoms with Crippen molar-refractivity contribution >= 4 is 23.4 Å². The first-order chi connectivity index (χ1) is 20.8. The number of likely N-dealkylation sites (tertiary alicyclic amines) is 1. The van der Waals surface area contributed by atoms with Gasteiger partial charge >= 0.3 is 12.3 Å². The van der Waals surface area contributed by atoms with E-state index in [4.69, 9.17) is 9.84 Å². The van der Waals surface area contributed by atoms with Crippen molar-refractivity contribution in [2.75, 3.05) is 49.1 Å². The highest BCUT2D eigenvalue weighted by Gasteiger charge is 2.40. The molecule has 2 aromatic carbocycles. The minimum atomic E-state index is -4.42. The highest BCUT2D eigenvalue weighted by atomic mass is 19.4. The molecule has 11 heteroatoms. The summed E-state index contributed by atoms with van der Waals surface area (Å²) in [4.78, 5) is 31.3. The molecule has 0 N–H and O–H groups in total. The van der Waals surface area contributed by atoms with E-state index in [0.717, 1.165) is 61.9 Å². The van der Waals surface area contributed by atoms with Gasteiger partial charge in [0.15, 0.2) is 0 Å². The Morgan fingerprint density at radius 1 is 0.860 bits per heavy atom. The van der Waals surface area contributed by atoms with Crippen molar-refractivity contribution in [3.8, 4) is 0 Å². The second kappa shape index (κ2) is 10.9. The fourth-order valence-electron chi connectivity index (χ4n) is 6.91. The summed E-state index contributed by atoms with van der Waals surface area (Å²) < 4.78 is 48.0. The van der Waals surface area contributed by atoms with E-state index in [2.05, 4.69) is 9.58 Å². The van der Waals surface area contributed by atoms with Gasteiger partial charge in [-0.25, -0.2) is 4.79 Å². The third-order valence-corrected chi connectivity index (χ3v) is 9.31. The summed E-state index contributed by atoms with van der Waals surface area (Å²) in [5.41, 5.74) is 3.18. The van der Waals surface area contributed by atoms with Crippen LogP contribution in [0.3, 0.4) is 0 Å². The summed E-state index contributed by atoms with van der Waals surface area (Å²) in [6.45, 7) is 3.36. The van der Waals surface area contributed by atoms with E-state index < -0.39 is 11.7 Å². The minimum absolute atomic E-state index is 0.125. The van der Waals surface area contributed by atoms with Gasteiger partial charge in [0.05, 0.1) is 35.6 Å². The molecule has 43 heavy (non-hydrogen) atoms. The number of halogens is 3. The van der Waals surface area contributed by atoms with Crippen LogP contribution in [0.25, 0.3) is 0 Å². The summed E-state index contributed by atoms with van der Waals surface area (Å²) >= 11 is 0. The molecule has 7 rings (SSSR count). The molecular weight excluding hydrogens is 559 g/mol. The first kappa shape index (κ1) is 27.8. The molecule has 1 aromatic heterocycles. The molecule has 4 fully saturated rings. The number of carbonyl (C=O) groups is 2. The standard InChI is InChI=1S/C32H34F3N5O3/c33-32(34,35)28-4-2-1-3-26(28)22-11-14-38(20-22)30(41)27-19-36-40(29(27)21-5-6-21)25-12-15-37(16-13-25)23-7-9-24(10-8-23)39-17-18-43-31(39)42/h1-4,7-10,19,21-22,25H,5-6,11-18,20H2. The number of ether oxygens (including phenoxy) is 1. The summed E-state index contributed by atoms with van der Waals surface area (Å²) in [6.07, 6.45) is 1.26. The molecule has 8 nitrogen and oxygen atoms in total. The maximum atomic E-state index is 13.7. The normalized spacial score (nSPS) is 21.5. The lowest BCUT2D eigenvalue weighted by Gasteiger charge is -2.34. The number of hydrogen-bond donors (Lipinski definition) is 0. The zero-order valence-corrected chi connectivity index (χ0v) is 23.8. The van der Waals surface area contributed by atoms with Crippen LogP contribution in [0, 0.1) is 0 Å². The maximum Gasteiger partial charge on any atom is 0.416 e. The van der Waals surface area contributed by atoms with E-state index in [1.807, 2.05) is 24.3 Å². The summed E-state index contributed by atoms with van der Waals surface area (Å²) in [7, 11) is 0. The van der Waals surface area contributed by atoms with Gasteiger partial charge in [0.25, 0.3) is 5.91 Å². The lowest BCUT2D eigenvalue weighted by molar-refractivity contribution is -0.138. The second-order valence-corrected chi connectivity index (χ2v) is 12.0. The van der Waals surface area contributed by atoms with Crippen molar-refractivity contribution in [1.29, 1.82) is 0 Å². The summed E-state index contributed by atoms with van der Waals surface area (Å²) in [5, 5.41) is 4.73. The topological polar surface area (TPSA) is 70.9 Å². The monoisotopic (exact) mass is 593 g/mol. The Kier molecular flexibility index (Phi) is 7.05. The third-order valence-electron chi connectivity index (χ3n) is 9.31. The van der Waals surface area contributed by atoms with Gasteiger partial charge in [0.2, 0.25) is 0 Å². The Morgan fingerprint density at radius 2 is 1.58 bits per heavy atom. The number of aromatic nitrogens is 2. The van der Waals surface area contributed by atoms with E-state index >= 15 is 0 Å². The lowest BCUT2D eigenvalue weighted by Crippen LogP contribution is -2.35. The third kappa shape index (κ3) is 5.34. The Balaban J connectivity index is 1.03. The second-order valence-electron chi connectivity index (χ2n) is 12.0. The lowest BCUT2D eigenvalue weighted by atomic mass is 9.93. The van der Waals surface area contributed by atoms with Crippen molar-refractivity contribution in [3.05, 3.63) is 77.1 Å². The molecule has 3 saturated heterocycles. The van der Waals surface area contributed by atoms with Crippen LogP contribution in [0.15, 0.2) is 54.7 Å². The minimum Gasteiger partial charge on any atom is -0.447 e. The Hall–Kier alpha value is -4.02. The van der Waals surface area contributed by atoms with Crippen LogP contribution in [-0.2, 0) is 10.9 Å². The number of anilines is 2. The molecule has 1 saturated carbocycles. The van der Waals surface area contributed by atoms with Crippen molar-refractivity contribution in [1.82, 2.24) is 14.7 Å². The number of benzene rings is 2. The van der Waals surface area contributed by atoms with Gasteiger partial charge in [0.1, 0.15) is 6.61 Å². The van der Waals surface area contributed by atoms with Crippen LogP contribution in [0.5, 0.6) is 0 Å². The predicted molar refractivity (Wildman–Crippen MR) is 155 cm³/mol. The average Bonchev–Trinajstić information content (AvgIpc) is 3.37. The van der Waals surface area contributed by atoms with E-state index in [9.17, 15) is 22.8 Å². The molecular formula is C32H34F3N5O3. The zero-order chi connectivity index (χ0) is 29.7. The van der Waals surface area contributed by atoms with E-state index in [-0.39, 0.29) is 36.1 Å². The van der Waals surface area contributed by atoms with Crippen LogP contribution in [0.1, 0.15) is 77.2 Å². The number of amides is 2. The first-order valence-corrected chi connectivity index (χ1v) is 15.1. The number of rotatable bonds is 6. The molecule has 0 bridgehead atoms. The SMILES string of the molecule is O=C(c1cnn(C2CCN(c3ccc(N4CCOC4=O)cc3)CC2)c1C1CC1)N1CCC(c2ccccc2C(F)(F)F)C1. The molecule has 3 aromatic rings. The van der Waals surface area contributed by atoms with Crippen molar-refractivity contribution in [2.24, 2.45) is 0 Å². The number of hydrogen-bond acceptors (Lipinski definition) is 5. The quantitative estimate of drug-likeness (QED) is 0.340. The molecule has 4 aliphatic rings. The van der Waals surface area contributed by atoms with Crippen molar-refractivity contribution in [3.63, 3.8) is 0 Å². The van der Waals surface area contributed by atoms with Gasteiger partial charge in [-0.3, -0.25) is 14.4 Å². The van der Waals surface area contributed by atoms with Crippen LogP contribution < -0.4 is 9.80 Å². The Labute approximate surface area is 248 Å². The fourth-order valence-corrected chi connectivity index (χ4v) is 6.91. The molecule has 0 spiro atoms. The van der Waals surface area contributed by atoms with Gasteiger partial charge in [-0.15, -0.1) is 0 Å². The van der Waals surface area contributed by atoms with Gasteiger partial charge in [0, 0.05) is 49.4 Å². The maximum absolute atomic E-state index is 13.7. The molecule has 1 unspecified atom stereocenters. The number of carbonyl (C=O) groups excluding carboxylic acids is 2. The van der Waals surface area contributed by atoms with Crippen LogP contribution in [0.4, 0.5) is 29.3 Å². The van der Waals surface area contributed by atoms with E-state index in [1.54, 1.807) is 28.1 Å². The largest absolute Gasteiger partial charge is 0.447 e. The van der Waals surface area contributed by atoms with Gasteiger partial charge in [-0.05, 0) is 68.0 Å². The molecule has 0 radical (unpaired) electrons. The molecule has 1 aliphatic carbocycles. The molecule has 4 heterocycles. The van der Waals surface area contributed by atoms with Gasteiger partial charge < -0.3 is 14.5 Å². The molecule has 1 atom stereocenters. The smallest absolute Gasteiger partial charge is 0.416 e. The van der Waals surface area contributed by atoms with Crippen molar-refractivity contribution < 1.29 is 27.5 Å². The highest BCUT2D eigenvalue weighted by Crippen LogP contribution is 2.45. The van der Waals surface area contributed by atoms with E-state index in [0.29, 0.717) is 37.6 Å². The molecule has 3 aliphatic heterocycles. The van der Waals surface area contributed by atoms with Gasteiger partial charge in [-0.2, -0.15) is 18.3 Å². The zero-order valence-electron chi connectivity index (χ0n) is 23.8. The number of cyclic esters (lactones) is 1. The Morgan fingerprint density at radius 3 is 2.26 bits per heavy atom. The Bertz CT molecular complexity index is 1510. The number of nitrogens with zero attached hydrogens (tertiary/aromatic N) is 5. The molecule has 226 valence electrons. The van der Waals surface area contributed by atoms with E-state index in [1.165, 1.54) is 6.07 Å². The number of alkyl halides is 3. The number of piperidine rings is 1. The summed E-state index contributed by atoms with van der Waals surface area (Å²) in [5.74, 6) is -0.169. The average molecular weight is 594 g/mol. The van der Waals surface area contributed by atoms with Crippen LogP contribution in [0.2, 0.25) is 0 Å². The van der Waals surface area contributed by atoms with Crippen LogP contribution >= 0.6 is 0 Å².